The van der Waals surface area contributed by atoms with Gasteiger partial charge in [0, 0.05) is 20.0 Å². The van der Waals surface area contributed by atoms with E-state index in [2.05, 4.69) is 10.6 Å². The molecule has 14 heavy (non-hydrogen) atoms. The summed E-state index contributed by atoms with van der Waals surface area (Å²) in [6.07, 6.45) is 0.299. The maximum Gasteiger partial charge on any atom is 0.320 e. The molecule has 0 aromatic heterocycles. The minimum Gasteiger partial charge on any atom is -0.480 e. The highest BCUT2D eigenvalue weighted by molar-refractivity contribution is 5.76. The lowest BCUT2D eigenvalue weighted by atomic mass is 10.0. The molecule has 3 N–H and O–H groups in total. The van der Waals surface area contributed by atoms with Gasteiger partial charge >= 0.3 is 5.97 Å². The van der Waals surface area contributed by atoms with Gasteiger partial charge in [0.1, 0.15) is 6.04 Å². The SMILES string of the molecule is CNC(=O)CCNC(C(=O)O)C(C)C. The zero-order valence-corrected chi connectivity index (χ0v) is 8.83. The Bertz CT molecular complexity index is 204. The van der Waals surface area contributed by atoms with E-state index in [4.69, 9.17) is 5.11 Å². The zero-order valence-electron chi connectivity index (χ0n) is 8.83. The summed E-state index contributed by atoms with van der Waals surface area (Å²) < 4.78 is 0. The first-order valence-electron chi connectivity index (χ1n) is 4.65. The normalized spacial score (nSPS) is 12.6. The molecule has 0 spiro atoms. The van der Waals surface area contributed by atoms with Crippen LogP contribution < -0.4 is 10.6 Å². The highest BCUT2D eigenvalue weighted by atomic mass is 16.4. The molecule has 0 aromatic rings. The highest BCUT2D eigenvalue weighted by Crippen LogP contribution is 2.01. The summed E-state index contributed by atoms with van der Waals surface area (Å²) >= 11 is 0. The minimum atomic E-state index is -0.878. The van der Waals surface area contributed by atoms with E-state index in [1.54, 1.807) is 7.05 Å². The molecule has 0 fully saturated rings. The molecule has 1 unspecified atom stereocenters. The van der Waals surface area contributed by atoms with Gasteiger partial charge in [0.25, 0.3) is 0 Å². The van der Waals surface area contributed by atoms with E-state index < -0.39 is 12.0 Å². The number of amides is 1. The van der Waals surface area contributed by atoms with E-state index in [9.17, 15) is 9.59 Å². The average Bonchev–Trinajstić information content (AvgIpc) is 2.10. The van der Waals surface area contributed by atoms with Crippen LogP contribution in [0, 0.1) is 5.92 Å². The molecular formula is C9H18N2O3. The van der Waals surface area contributed by atoms with Gasteiger partial charge in [0.15, 0.2) is 0 Å². The smallest absolute Gasteiger partial charge is 0.320 e. The van der Waals surface area contributed by atoms with Crippen molar-refractivity contribution < 1.29 is 14.7 Å². The topological polar surface area (TPSA) is 78.4 Å². The first kappa shape index (κ1) is 12.9. The molecule has 0 aliphatic heterocycles. The lowest BCUT2D eigenvalue weighted by Gasteiger charge is -2.17. The predicted molar refractivity (Wildman–Crippen MR) is 52.9 cm³/mol. The standard InChI is InChI=1S/C9H18N2O3/c1-6(2)8(9(13)14)11-5-4-7(12)10-3/h6,8,11H,4-5H2,1-3H3,(H,10,12)(H,13,14). The van der Waals surface area contributed by atoms with Gasteiger partial charge in [0.2, 0.25) is 5.91 Å². The van der Waals surface area contributed by atoms with Crippen LogP contribution in [0.25, 0.3) is 0 Å². The zero-order chi connectivity index (χ0) is 11.1. The number of carbonyl (C=O) groups excluding carboxylic acids is 1. The van der Waals surface area contributed by atoms with E-state index >= 15 is 0 Å². The lowest BCUT2D eigenvalue weighted by molar-refractivity contribution is -0.140. The Morgan fingerprint density at radius 3 is 2.29 bits per heavy atom. The second kappa shape index (κ2) is 6.37. The molecule has 0 saturated carbocycles. The number of nitrogens with one attached hydrogen (secondary N) is 2. The maximum atomic E-state index is 10.8. The van der Waals surface area contributed by atoms with E-state index in [1.165, 1.54) is 0 Å². The third-order valence-electron chi connectivity index (χ3n) is 1.93. The Morgan fingerprint density at radius 2 is 1.93 bits per heavy atom. The molecule has 0 radical (unpaired) electrons. The van der Waals surface area contributed by atoms with Gasteiger partial charge in [0.05, 0.1) is 0 Å². The quantitative estimate of drug-likeness (QED) is 0.558. The van der Waals surface area contributed by atoms with Crippen LogP contribution in [0.5, 0.6) is 0 Å². The second-order valence-electron chi connectivity index (χ2n) is 3.44. The summed E-state index contributed by atoms with van der Waals surface area (Å²) in [5.41, 5.74) is 0. The summed E-state index contributed by atoms with van der Waals surface area (Å²) in [6, 6.07) is -0.584. The second-order valence-corrected chi connectivity index (χ2v) is 3.44. The van der Waals surface area contributed by atoms with Gasteiger partial charge in [-0.1, -0.05) is 13.8 Å². The molecule has 0 heterocycles. The van der Waals surface area contributed by atoms with Gasteiger partial charge in [-0.05, 0) is 5.92 Å². The van der Waals surface area contributed by atoms with Gasteiger partial charge in [-0.2, -0.15) is 0 Å². The largest absolute Gasteiger partial charge is 0.480 e. The van der Waals surface area contributed by atoms with Crippen LogP contribution in [0.1, 0.15) is 20.3 Å². The van der Waals surface area contributed by atoms with Crippen molar-refractivity contribution in [2.24, 2.45) is 5.92 Å². The third kappa shape index (κ3) is 4.81. The maximum absolute atomic E-state index is 10.8. The first-order valence-corrected chi connectivity index (χ1v) is 4.65. The van der Waals surface area contributed by atoms with Crippen LogP contribution in [0.15, 0.2) is 0 Å². The van der Waals surface area contributed by atoms with E-state index in [0.717, 1.165) is 0 Å². The molecule has 5 heteroatoms. The van der Waals surface area contributed by atoms with Crippen LogP contribution >= 0.6 is 0 Å². The number of hydrogen-bond donors (Lipinski definition) is 3. The van der Waals surface area contributed by atoms with E-state index in [0.29, 0.717) is 13.0 Å². The number of aliphatic carboxylic acids is 1. The Balaban J connectivity index is 3.84. The molecule has 1 amide bonds. The van der Waals surface area contributed by atoms with E-state index in [1.807, 2.05) is 13.8 Å². The molecule has 0 aliphatic carbocycles. The van der Waals surface area contributed by atoms with Crippen molar-refractivity contribution in [3.05, 3.63) is 0 Å². The lowest BCUT2D eigenvalue weighted by Crippen LogP contribution is -2.42. The van der Waals surface area contributed by atoms with Gasteiger partial charge in [-0.3, -0.25) is 9.59 Å². The summed E-state index contributed by atoms with van der Waals surface area (Å²) in [7, 11) is 1.56. The van der Waals surface area contributed by atoms with Crippen LogP contribution in [0.4, 0.5) is 0 Å². The van der Waals surface area contributed by atoms with Crippen molar-refractivity contribution in [2.75, 3.05) is 13.6 Å². The van der Waals surface area contributed by atoms with Crippen molar-refractivity contribution >= 4 is 11.9 Å². The fraction of sp³-hybridized carbons (Fsp3) is 0.778. The molecule has 0 aromatic carbocycles. The number of carboxylic acids is 1. The number of carboxylic acid groups (broad SMARTS) is 1. The van der Waals surface area contributed by atoms with Crippen LogP contribution in [-0.4, -0.2) is 36.6 Å². The molecule has 0 bridgehead atoms. The summed E-state index contributed by atoms with van der Waals surface area (Å²) in [6.45, 7) is 4.03. The summed E-state index contributed by atoms with van der Waals surface area (Å²) in [5.74, 6) is -0.959. The minimum absolute atomic E-state index is 0.0113. The molecule has 82 valence electrons. The van der Waals surface area contributed by atoms with Crippen LogP contribution in [0.3, 0.4) is 0 Å². The fourth-order valence-corrected chi connectivity index (χ4v) is 1.07. The van der Waals surface area contributed by atoms with Crippen molar-refractivity contribution in [1.82, 2.24) is 10.6 Å². The van der Waals surface area contributed by atoms with Crippen molar-refractivity contribution in [2.45, 2.75) is 26.3 Å². The molecule has 0 saturated heterocycles. The van der Waals surface area contributed by atoms with Crippen LogP contribution in [-0.2, 0) is 9.59 Å². The van der Waals surface area contributed by atoms with E-state index in [-0.39, 0.29) is 11.8 Å². The number of rotatable bonds is 6. The van der Waals surface area contributed by atoms with Crippen molar-refractivity contribution in [3.63, 3.8) is 0 Å². The molecule has 0 rings (SSSR count). The number of carbonyl (C=O) groups is 2. The Hall–Kier alpha value is -1.10. The summed E-state index contributed by atoms with van der Waals surface area (Å²) in [4.78, 5) is 21.6. The molecule has 0 aliphatic rings. The Labute approximate surface area is 83.9 Å². The monoisotopic (exact) mass is 202 g/mol. The summed E-state index contributed by atoms with van der Waals surface area (Å²) in [5, 5.41) is 14.1. The Kier molecular flexibility index (Phi) is 5.87. The van der Waals surface area contributed by atoms with Gasteiger partial charge < -0.3 is 15.7 Å². The van der Waals surface area contributed by atoms with Crippen LogP contribution in [0.2, 0.25) is 0 Å². The molecule has 5 nitrogen and oxygen atoms in total. The van der Waals surface area contributed by atoms with Gasteiger partial charge in [-0.25, -0.2) is 0 Å². The Morgan fingerprint density at radius 1 is 1.36 bits per heavy atom. The van der Waals surface area contributed by atoms with Crippen molar-refractivity contribution in [1.29, 1.82) is 0 Å². The predicted octanol–water partition coefficient (Wildman–Crippen LogP) is -0.179. The van der Waals surface area contributed by atoms with Gasteiger partial charge in [-0.15, -0.1) is 0 Å². The molecular weight excluding hydrogens is 184 g/mol. The molecule has 1 atom stereocenters. The van der Waals surface area contributed by atoms with Crippen molar-refractivity contribution in [3.8, 4) is 0 Å². The number of hydrogen-bond acceptors (Lipinski definition) is 3. The fourth-order valence-electron chi connectivity index (χ4n) is 1.07. The highest BCUT2D eigenvalue weighted by Gasteiger charge is 2.20. The first-order chi connectivity index (χ1) is 6.49. The average molecular weight is 202 g/mol. The third-order valence-corrected chi connectivity index (χ3v) is 1.93.